The number of hydrogen-bond donors (Lipinski definition) is 3. The van der Waals surface area contributed by atoms with Crippen molar-refractivity contribution in [1.82, 2.24) is 4.90 Å². The predicted molar refractivity (Wildman–Crippen MR) is 116 cm³/mol. The summed E-state index contributed by atoms with van der Waals surface area (Å²) in [5.74, 6) is 0.251. The molecule has 28 heavy (non-hydrogen) atoms. The smallest absolute Gasteiger partial charge is 0.153 e. The van der Waals surface area contributed by atoms with E-state index in [9.17, 15) is 4.39 Å². The van der Waals surface area contributed by atoms with E-state index in [0.29, 0.717) is 36.5 Å². The number of amidine groups is 2. The maximum atomic E-state index is 13.3. The number of piperidine rings is 1. The van der Waals surface area contributed by atoms with E-state index in [1.807, 2.05) is 6.07 Å². The summed E-state index contributed by atoms with van der Waals surface area (Å²) >= 11 is 0. The van der Waals surface area contributed by atoms with E-state index < -0.39 is 0 Å². The lowest BCUT2D eigenvalue weighted by Gasteiger charge is -2.25. The van der Waals surface area contributed by atoms with Crippen LogP contribution in [-0.2, 0) is 6.42 Å². The van der Waals surface area contributed by atoms with E-state index in [0.717, 1.165) is 18.7 Å². The fourth-order valence-electron chi connectivity index (χ4n) is 3.16. The van der Waals surface area contributed by atoms with Crippen LogP contribution in [0.4, 0.5) is 10.1 Å². The first-order valence-corrected chi connectivity index (χ1v) is 9.67. The number of likely N-dealkylation sites (tertiary alicyclic amines) is 1. The number of allylic oxidation sites excluding steroid dienone is 5. The third-order valence-corrected chi connectivity index (χ3v) is 4.64. The molecule has 1 aliphatic rings. The molecule has 0 unspecified atom stereocenters. The van der Waals surface area contributed by atoms with Gasteiger partial charge in [-0.15, -0.1) is 0 Å². The molecule has 0 radical (unpaired) electrons. The second-order valence-electron chi connectivity index (χ2n) is 6.93. The Balaban J connectivity index is 1.98. The molecule has 0 bridgehead atoms. The standard InChI is InChI=1S/C22H30FN5/c1-2-8-19(23)10-5-4-9-17-15-18(11-12-20(17)24)22(26)27-21(25)16-28-13-6-3-7-14-28/h2,5,8,10-12,15H,1,3-4,6-7,9,13-14,16,24H2,(H3,25,26,27)/b10-5-,19-8+. The molecule has 1 aromatic carbocycles. The van der Waals surface area contributed by atoms with Gasteiger partial charge in [0.2, 0.25) is 0 Å². The van der Waals surface area contributed by atoms with Crippen molar-refractivity contribution in [2.45, 2.75) is 32.1 Å². The van der Waals surface area contributed by atoms with Gasteiger partial charge >= 0.3 is 0 Å². The maximum absolute atomic E-state index is 13.3. The minimum absolute atomic E-state index is 0.131. The minimum atomic E-state index is -0.336. The highest BCUT2D eigenvalue weighted by atomic mass is 19.1. The number of aryl methyl sites for hydroxylation is 1. The zero-order valence-electron chi connectivity index (χ0n) is 16.3. The number of anilines is 1. The second-order valence-corrected chi connectivity index (χ2v) is 6.93. The van der Waals surface area contributed by atoms with Crippen LogP contribution in [0.3, 0.4) is 0 Å². The summed E-state index contributed by atoms with van der Waals surface area (Å²) in [6.07, 6.45) is 10.8. The lowest BCUT2D eigenvalue weighted by molar-refractivity contribution is 0.258. The Morgan fingerprint density at radius 1 is 1.29 bits per heavy atom. The van der Waals surface area contributed by atoms with Crippen molar-refractivity contribution < 1.29 is 4.39 Å². The SMILES string of the molecule is C=C/C=C(F)\C=C/CCc1cc(C(=N)N=C(N)CN2CCCCC2)ccc1N. The molecule has 2 rings (SSSR count). The number of nitrogens with two attached hydrogens (primary N) is 2. The van der Waals surface area contributed by atoms with E-state index in [4.69, 9.17) is 16.9 Å². The van der Waals surface area contributed by atoms with Gasteiger partial charge in [-0.25, -0.2) is 9.38 Å². The molecule has 1 fully saturated rings. The number of nitrogen functional groups attached to an aromatic ring is 1. The molecule has 5 N–H and O–H groups in total. The van der Waals surface area contributed by atoms with Gasteiger partial charge in [0.1, 0.15) is 11.7 Å². The lowest BCUT2D eigenvalue weighted by Crippen LogP contribution is -2.37. The highest BCUT2D eigenvalue weighted by Crippen LogP contribution is 2.17. The molecule has 1 aromatic rings. The van der Waals surface area contributed by atoms with Gasteiger partial charge in [-0.2, -0.15) is 0 Å². The Morgan fingerprint density at radius 3 is 2.75 bits per heavy atom. The molecule has 6 heteroatoms. The topological polar surface area (TPSA) is 91.5 Å². The summed E-state index contributed by atoms with van der Waals surface area (Å²) in [6, 6.07) is 5.41. The number of nitrogens with zero attached hydrogens (tertiary/aromatic N) is 2. The Hall–Kier alpha value is -2.73. The normalized spacial score (nSPS) is 16.5. The average Bonchev–Trinajstić information content (AvgIpc) is 2.67. The quantitative estimate of drug-likeness (QED) is 0.275. The lowest BCUT2D eigenvalue weighted by atomic mass is 10.0. The molecule has 1 heterocycles. The Bertz CT molecular complexity index is 773. The molecule has 0 spiro atoms. The van der Waals surface area contributed by atoms with Gasteiger partial charge < -0.3 is 11.5 Å². The Kier molecular flexibility index (Phi) is 8.62. The van der Waals surface area contributed by atoms with E-state index in [-0.39, 0.29) is 11.7 Å². The third kappa shape index (κ3) is 7.12. The zero-order chi connectivity index (χ0) is 20.4. The monoisotopic (exact) mass is 383 g/mol. The molecule has 5 nitrogen and oxygen atoms in total. The fourth-order valence-corrected chi connectivity index (χ4v) is 3.16. The van der Waals surface area contributed by atoms with Gasteiger partial charge in [0.05, 0.1) is 6.54 Å². The number of benzene rings is 1. The second kappa shape index (κ2) is 11.2. The van der Waals surface area contributed by atoms with Crippen LogP contribution < -0.4 is 11.5 Å². The molecule has 0 saturated carbocycles. The number of aliphatic imine (C=N–C) groups is 1. The van der Waals surface area contributed by atoms with Crippen LogP contribution in [0.15, 0.2) is 59.9 Å². The molecule has 0 aliphatic carbocycles. The van der Waals surface area contributed by atoms with E-state index in [1.165, 1.54) is 37.5 Å². The van der Waals surface area contributed by atoms with Crippen LogP contribution in [0.2, 0.25) is 0 Å². The summed E-state index contributed by atoms with van der Waals surface area (Å²) in [5.41, 5.74) is 14.3. The van der Waals surface area contributed by atoms with E-state index in [2.05, 4.69) is 16.5 Å². The number of nitrogens with one attached hydrogen (secondary N) is 1. The first-order valence-electron chi connectivity index (χ1n) is 9.67. The fraction of sp³-hybridized carbons (Fsp3) is 0.364. The summed E-state index contributed by atoms with van der Waals surface area (Å²) in [6.45, 7) is 6.12. The summed E-state index contributed by atoms with van der Waals surface area (Å²) in [7, 11) is 0. The van der Waals surface area contributed by atoms with Gasteiger partial charge in [-0.05, 0) is 74.7 Å². The maximum Gasteiger partial charge on any atom is 0.153 e. The first kappa shape index (κ1) is 21.6. The molecule has 0 amide bonds. The van der Waals surface area contributed by atoms with Crippen molar-refractivity contribution in [2.24, 2.45) is 10.7 Å². The molecule has 1 saturated heterocycles. The Labute approximate surface area is 166 Å². The van der Waals surface area contributed by atoms with Crippen molar-refractivity contribution in [3.05, 3.63) is 66.0 Å². The van der Waals surface area contributed by atoms with Crippen LogP contribution >= 0.6 is 0 Å². The predicted octanol–water partition coefficient (Wildman–Crippen LogP) is 3.97. The molecular formula is C22H30FN5. The van der Waals surface area contributed by atoms with Gasteiger partial charge in [-0.1, -0.05) is 25.2 Å². The highest BCUT2D eigenvalue weighted by Gasteiger charge is 2.12. The van der Waals surface area contributed by atoms with Crippen molar-refractivity contribution in [3.8, 4) is 0 Å². The zero-order valence-corrected chi connectivity index (χ0v) is 16.3. The average molecular weight is 384 g/mol. The number of halogens is 1. The number of rotatable bonds is 8. The van der Waals surface area contributed by atoms with Crippen molar-refractivity contribution in [3.63, 3.8) is 0 Å². The van der Waals surface area contributed by atoms with Crippen LogP contribution in [0, 0.1) is 5.41 Å². The summed E-state index contributed by atoms with van der Waals surface area (Å²) in [4.78, 5) is 6.54. The molecule has 1 aliphatic heterocycles. The van der Waals surface area contributed by atoms with Crippen LogP contribution in [-0.4, -0.2) is 36.2 Å². The van der Waals surface area contributed by atoms with Crippen molar-refractivity contribution >= 4 is 17.4 Å². The van der Waals surface area contributed by atoms with Crippen LogP contribution in [0.1, 0.15) is 36.8 Å². The third-order valence-electron chi connectivity index (χ3n) is 4.64. The van der Waals surface area contributed by atoms with E-state index >= 15 is 0 Å². The first-order chi connectivity index (χ1) is 13.5. The van der Waals surface area contributed by atoms with Crippen molar-refractivity contribution in [2.75, 3.05) is 25.4 Å². The molecular weight excluding hydrogens is 353 g/mol. The summed E-state index contributed by atoms with van der Waals surface area (Å²) < 4.78 is 13.3. The molecule has 150 valence electrons. The van der Waals surface area contributed by atoms with Gasteiger partial charge in [0.25, 0.3) is 0 Å². The molecule has 0 atom stereocenters. The van der Waals surface area contributed by atoms with Gasteiger partial charge in [0.15, 0.2) is 5.84 Å². The van der Waals surface area contributed by atoms with Gasteiger partial charge in [0, 0.05) is 11.3 Å². The van der Waals surface area contributed by atoms with Crippen LogP contribution in [0.25, 0.3) is 0 Å². The van der Waals surface area contributed by atoms with Crippen LogP contribution in [0.5, 0.6) is 0 Å². The van der Waals surface area contributed by atoms with Crippen molar-refractivity contribution in [1.29, 1.82) is 5.41 Å². The van der Waals surface area contributed by atoms with Gasteiger partial charge in [-0.3, -0.25) is 10.3 Å². The number of hydrogen-bond acceptors (Lipinski definition) is 3. The Morgan fingerprint density at radius 2 is 2.04 bits per heavy atom. The van der Waals surface area contributed by atoms with E-state index in [1.54, 1.807) is 18.2 Å². The largest absolute Gasteiger partial charge is 0.399 e. The summed E-state index contributed by atoms with van der Waals surface area (Å²) in [5, 5.41) is 8.25. The highest BCUT2D eigenvalue weighted by molar-refractivity contribution is 6.05. The minimum Gasteiger partial charge on any atom is -0.399 e. The molecule has 0 aromatic heterocycles.